The molecule has 0 atom stereocenters. The van der Waals surface area contributed by atoms with E-state index in [2.05, 4.69) is 0 Å². The van der Waals surface area contributed by atoms with Crippen LogP contribution < -0.4 is 20.9 Å². The maximum Gasteiger partial charge on any atom is 0.248 e. The molecule has 0 saturated heterocycles. The number of rotatable bonds is 4. The number of benzene rings is 2. The average molecular weight is 290 g/mol. The third kappa shape index (κ3) is 3.22. The number of anilines is 1. The van der Waals surface area contributed by atoms with Crippen LogP contribution in [0.15, 0.2) is 30.3 Å². The zero-order valence-electron chi connectivity index (χ0n) is 11.6. The van der Waals surface area contributed by atoms with Crippen LogP contribution >= 0.6 is 0 Å². The summed E-state index contributed by atoms with van der Waals surface area (Å²) in [5.74, 6) is 0.00228. The Labute approximate surface area is 121 Å². The first-order chi connectivity index (χ1) is 9.90. The molecule has 0 aliphatic carbocycles. The van der Waals surface area contributed by atoms with E-state index in [1.807, 2.05) is 0 Å². The van der Waals surface area contributed by atoms with E-state index in [9.17, 15) is 9.18 Å². The van der Waals surface area contributed by atoms with Crippen LogP contribution in [-0.2, 0) is 0 Å². The van der Waals surface area contributed by atoms with Gasteiger partial charge in [-0.2, -0.15) is 0 Å². The van der Waals surface area contributed by atoms with Gasteiger partial charge >= 0.3 is 0 Å². The minimum Gasteiger partial charge on any atom is -0.497 e. The lowest BCUT2D eigenvalue weighted by molar-refractivity contribution is 0.0999. The molecule has 0 aliphatic rings. The van der Waals surface area contributed by atoms with Crippen LogP contribution in [0.1, 0.15) is 15.9 Å². The molecule has 2 aromatic carbocycles. The van der Waals surface area contributed by atoms with Crippen LogP contribution in [0, 0.1) is 12.7 Å². The number of methoxy groups -OCH3 is 1. The summed E-state index contributed by atoms with van der Waals surface area (Å²) in [7, 11) is 1.46. The molecule has 0 spiro atoms. The van der Waals surface area contributed by atoms with Gasteiger partial charge in [-0.15, -0.1) is 0 Å². The number of ether oxygens (including phenoxy) is 2. The molecule has 0 aromatic heterocycles. The molecular formula is C15H15FN2O3. The number of hydrogen-bond acceptors (Lipinski definition) is 4. The third-order valence-electron chi connectivity index (χ3n) is 2.92. The molecule has 0 bridgehead atoms. The fourth-order valence-corrected chi connectivity index (χ4v) is 1.78. The van der Waals surface area contributed by atoms with Crippen molar-refractivity contribution in [1.82, 2.24) is 0 Å². The number of primary amides is 1. The first-order valence-electron chi connectivity index (χ1n) is 6.13. The molecule has 2 aromatic rings. The van der Waals surface area contributed by atoms with Gasteiger partial charge in [0.2, 0.25) is 5.91 Å². The van der Waals surface area contributed by atoms with Crippen molar-refractivity contribution in [2.75, 3.05) is 12.8 Å². The van der Waals surface area contributed by atoms with Gasteiger partial charge in [-0.3, -0.25) is 4.79 Å². The van der Waals surface area contributed by atoms with Crippen molar-refractivity contribution in [2.24, 2.45) is 5.73 Å². The number of aryl methyl sites for hydroxylation is 1. The number of carbonyl (C=O) groups excluding carboxylic acids is 1. The zero-order chi connectivity index (χ0) is 15.6. The molecule has 5 nitrogen and oxygen atoms in total. The van der Waals surface area contributed by atoms with E-state index in [0.29, 0.717) is 17.1 Å². The first-order valence-corrected chi connectivity index (χ1v) is 6.13. The summed E-state index contributed by atoms with van der Waals surface area (Å²) in [4.78, 5) is 11.3. The summed E-state index contributed by atoms with van der Waals surface area (Å²) in [6.07, 6.45) is 0. The minimum absolute atomic E-state index is 0.154. The normalized spacial score (nSPS) is 10.2. The average Bonchev–Trinajstić information content (AvgIpc) is 2.44. The first kappa shape index (κ1) is 14.6. The molecule has 0 fully saturated rings. The van der Waals surface area contributed by atoms with E-state index in [4.69, 9.17) is 20.9 Å². The predicted molar refractivity (Wildman–Crippen MR) is 77.1 cm³/mol. The standard InChI is InChI=1S/C15H15FN2O3/c1-8-3-14(13(17)7-12(8)16)21-11-5-9(15(18)19)4-10(6-11)20-2/h3-7H,17H2,1-2H3,(H2,18,19). The molecule has 0 aliphatic heterocycles. The van der Waals surface area contributed by atoms with Gasteiger partial charge < -0.3 is 20.9 Å². The van der Waals surface area contributed by atoms with E-state index >= 15 is 0 Å². The largest absolute Gasteiger partial charge is 0.497 e. The van der Waals surface area contributed by atoms with Gasteiger partial charge in [-0.05, 0) is 30.7 Å². The number of nitrogens with two attached hydrogens (primary N) is 2. The minimum atomic E-state index is -0.609. The molecule has 0 radical (unpaired) electrons. The van der Waals surface area contributed by atoms with Gasteiger partial charge in [0.25, 0.3) is 0 Å². The highest BCUT2D eigenvalue weighted by Gasteiger charge is 2.11. The second-order valence-corrected chi connectivity index (χ2v) is 4.50. The van der Waals surface area contributed by atoms with Crippen LogP contribution in [-0.4, -0.2) is 13.0 Å². The van der Waals surface area contributed by atoms with Crippen molar-refractivity contribution in [3.05, 3.63) is 47.3 Å². The van der Waals surface area contributed by atoms with Gasteiger partial charge in [0, 0.05) is 17.7 Å². The second kappa shape index (κ2) is 5.70. The Morgan fingerprint density at radius 3 is 2.43 bits per heavy atom. The van der Waals surface area contributed by atoms with E-state index in [1.165, 1.54) is 31.4 Å². The molecular weight excluding hydrogens is 275 g/mol. The molecule has 2 rings (SSSR count). The Morgan fingerprint density at radius 2 is 1.81 bits per heavy atom. The Hall–Kier alpha value is -2.76. The molecule has 0 saturated carbocycles. The number of nitrogen functional groups attached to an aromatic ring is 1. The Kier molecular flexibility index (Phi) is 3.98. The lowest BCUT2D eigenvalue weighted by atomic mass is 10.1. The summed E-state index contributed by atoms with van der Waals surface area (Å²) in [5, 5.41) is 0. The molecule has 4 N–H and O–H groups in total. The van der Waals surface area contributed by atoms with Gasteiger partial charge in [-0.25, -0.2) is 4.39 Å². The third-order valence-corrected chi connectivity index (χ3v) is 2.92. The van der Waals surface area contributed by atoms with Gasteiger partial charge in [0.05, 0.1) is 12.8 Å². The molecule has 1 amide bonds. The summed E-state index contributed by atoms with van der Waals surface area (Å²) < 4.78 is 24.0. The van der Waals surface area contributed by atoms with Crippen LogP contribution in [0.4, 0.5) is 10.1 Å². The van der Waals surface area contributed by atoms with E-state index in [-0.39, 0.29) is 17.0 Å². The fraction of sp³-hybridized carbons (Fsp3) is 0.133. The molecule has 6 heteroatoms. The van der Waals surface area contributed by atoms with Crippen molar-refractivity contribution in [2.45, 2.75) is 6.92 Å². The number of carbonyl (C=O) groups is 1. The SMILES string of the molecule is COc1cc(Oc2cc(C)c(F)cc2N)cc(C(N)=O)c1. The van der Waals surface area contributed by atoms with Crippen molar-refractivity contribution < 1.29 is 18.7 Å². The lowest BCUT2D eigenvalue weighted by Crippen LogP contribution is -2.11. The van der Waals surface area contributed by atoms with Crippen molar-refractivity contribution >= 4 is 11.6 Å². The highest BCUT2D eigenvalue weighted by Crippen LogP contribution is 2.32. The van der Waals surface area contributed by atoms with Gasteiger partial charge in [0.15, 0.2) is 5.75 Å². The highest BCUT2D eigenvalue weighted by molar-refractivity contribution is 5.93. The maximum atomic E-state index is 13.4. The maximum absolute atomic E-state index is 13.4. The monoisotopic (exact) mass is 290 g/mol. The summed E-state index contributed by atoms with van der Waals surface area (Å²) in [6, 6.07) is 7.19. The number of amides is 1. The van der Waals surface area contributed by atoms with Gasteiger partial charge in [0.1, 0.15) is 17.3 Å². The van der Waals surface area contributed by atoms with E-state index in [1.54, 1.807) is 13.0 Å². The Morgan fingerprint density at radius 1 is 1.14 bits per heavy atom. The smallest absolute Gasteiger partial charge is 0.248 e. The highest BCUT2D eigenvalue weighted by atomic mass is 19.1. The topological polar surface area (TPSA) is 87.6 Å². The van der Waals surface area contributed by atoms with E-state index < -0.39 is 11.7 Å². The number of hydrogen-bond donors (Lipinski definition) is 2. The van der Waals surface area contributed by atoms with E-state index in [0.717, 1.165) is 0 Å². The summed E-state index contributed by atoms with van der Waals surface area (Å²) >= 11 is 0. The fourth-order valence-electron chi connectivity index (χ4n) is 1.78. The molecule has 0 unspecified atom stereocenters. The van der Waals surface area contributed by atoms with Crippen molar-refractivity contribution in [3.8, 4) is 17.2 Å². The van der Waals surface area contributed by atoms with Crippen molar-refractivity contribution in [3.63, 3.8) is 0 Å². The molecule has 110 valence electrons. The zero-order valence-corrected chi connectivity index (χ0v) is 11.6. The number of halogens is 1. The predicted octanol–water partition coefficient (Wildman–Crippen LogP) is 2.62. The Balaban J connectivity index is 2.41. The molecule has 0 heterocycles. The molecule has 21 heavy (non-hydrogen) atoms. The van der Waals surface area contributed by atoms with Crippen LogP contribution in [0.5, 0.6) is 17.2 Å². The summed E-state index contributed by atoms with van der Waals surface area (Å²) in [5.41, 5.74) is 11.8. The van der Waals surface area contributed by atoms with Crippen LogP contribution in [0.3, 0.4) is 0 Å². The van der Waals surface area contributed by atoms with Gasteiger partial charge in [-0.1, -0.05) is 0 Å². The van der Waals surface area contributed by atoms with Crippen LogP contribution in [0.25, 0.3) is 0 Å². The lowest BCUT2D eigenvalue weighted by Gasteiger charge is -2.12. The second-order valence-electron chi connectivity index (χ2n) is 4.50. The summed E-state index contributed by atoms with van der Waals surface area (Å²) in [6.45, 7) is 1.60. The van der Waals surface area contributed by atoms with Crippen molar-refractivity contribution in [1.29, 1.82) is 0 Å². The Bertz CT molecular complexity index is 702. The quantitative estimate of drug-likeness (QED) is 0.847. The van der Waals surface area contributed by atoms with Crippen LogP contribution in [0.2, 0.25) is 0 Å².